The summed E-state index contributed by atoms with van der Waals surface area (Å²) in [6.07, 6.45) is 0. The van der Waals surface area contributed by atoms with Crippen LogP contribution in [-0.4, -0.2) is 9.55 Å². The number of rotatable bonds is 1. The lowest BCUT2D eigenvalue weighted by Crippen LogP contribution is -1.97. The topological polar surface area (TPSA) is 20.7 Å². The highest BCUT2D eigenvalue weighted by atomic mass is 35.5. The van der Waals surface area contributed by atoms with Gasteiger partial charge in [-0.3, -0.25) is 4.57 Å². The lowest BCUT2D eigenvalue weighted by Gasteiger charge is -2.09. The molecule has 7 heteroatoms. The molecule has 0 aliphatic carbocycles. The molecule has 1 aromatic heterocycles. The third-order valence-electron chi connectivity index (χ3n) is 2.85. The molecule has 2 aromatic carbocycles. The van der Waals surface area contributed by atoms with E-state index in [1.807, 2.05) is 0 Å². The van der Waals surface area contributed by atoms with Crippen molar-refractivity contribution in [3.05, 3.63) is 56.8 Å². The van der Waals surface area contributed by atoms with Crippen LogP contribution in [0.1, 0.15) is 0 Å². The molecule has 0 radical (unpaired) electrons. The van der Waals surface area contributed by atoms with Crippen molar-refractivity contribution in [2.45, 2.75) is 0 Å². The number of benzene rings is 2. The maximum absolute atomic E-state index is 13.4. The molecule has 0 aliphatic heterocycles. The zero-order valence-corrected chi connectivity index (χ0v) is 12.1. The quantitative estimate of drug-likeness (QED) is 0.602. The van der Waals surface area contributed by atoms with Gasteiger partial charge < -0.3 is 4.98 Å². The number of nitrogens with one attached hydrogen (secondary N) is 1. The molecule has 0 saturated carbocycles. The van der Waals surface area contributed by atoms with Crippen LogP contribution >= 0.6 is 35.4 Å². The van der Waals surface area contributed by atoms with Gasteiger partial charge in [-0.2, -0.15) is 0 Å². The molecule has 1 N–H and O–H groups in total. The van der Waals surface area contributed by atoms with Crippen molar-refractivity contribution in [3.63, 3.8) is 0 Å². The number of aromatic nitrogens is 2. The van der Waals surface area contributed by atoms with Crippen LogP contribution in [0.3, 0.4) is 0 Å². The molecule has 0 fully saturated rings. The molecular weight excluding hydrogens is 325 g/mol. The van der Waals surface area contributed by atoms with Crippen LogP contribution in [0.25, 0.3) is 16.7 Å². The molecule has 3 aromatic rings. The first-order chi connectivity index (χ1) is 9.47. The summed E-state index contributed by atoms with van der Waals surface area (Å²) in [7, 11) is 0. The maximum atomic E-state index is 13.4. The van der Waals surface area contributed by atoms with E-state index in [1.165, 1.54) is 16.7 Å². The van der Waals surface area contributed by atoms with Gasteiger partial charge in [0.05, 0.1) is 26.8 Å². The Bertz CT molecular complexity index is 863. The summed E-state index contributed by atoms with van der Waals surface area (Å²) in [5.74, 6) is -0.976. The summed E-state index contributed by atoms with van der Waals surface area (Å²) in [5, 5.41) is 0.188. The molecule has 3 rings (SSSR count). The Labute approximate surface area is 127 Å². The summed E-state index contributed by atoms with van der Waals surface area (Å²) in [6, 6.07) is 6.43. The Morgan fingerprint density at radius 3 is 2.30 bits per heavy atom. The van der Waals surface area contributed by atoms with Crippen molar-refractivity contribution in [3.8, 4) is 5.69 Å². The van der Waals surface area contributed by atoms with E-state index in [0.717, 1.165) is 12.1 Å². The second kappa shape index (κ2) is 4.84. The summed E-state index contributed by atoms with van der Waals surface area (Å²) in [5.41, 5.74) is 1.43. The molecule has 0 spiro atoms. The first kappa shape index (κ1) is 13.5. The number of halogens is 4. The molecular formula is C13H6Cl2F2N2S. The molecule has 0 bridgehead atoms. The van der Waals surface area contributed by atoms with E-state index in [4.69, 9.17) is 35.4 Å². The van der Waals surface area contributed by atoms with Gasteiger partial charge in [-0.05, 0) is 36.5 Å². The van der Waals surface area contributed by atoms with Gasteiger partial charge >= 0.3 is 0 Å². The fourth-order valence-electron chi connectivity index (χ4n) is 2.05. The predicted molar refractivity (Wildman–Crippen MR) is 78.4 cm³/mol. The normalized spacial score (nSPS) is 11.2. The third-order valence-corrected chi connectivity index (χ3v) is 3.71. The number of nitrogens with zero attached hydrogens (tertiary/aromatic N) is 1. The van der Waals surface area contributed by atoms with E-state index >= 15 is 0 Å². The van der Waals surface area contributed by atoms with Crippen molar-refractivity contribution >= 4 is 46.5 Å². The third kappa shape index (κ3) is 2.12. The Hall–Kier alpha value is -1.43. The summed E-state index contributed by atoms with van der Waals surface area (Å²) >= 11 is 17.3. The molecule has 20 heavy (non-hydrogen) atoms. The second-order valence-electron chi connectivity index (χ2n) is 4.15. The van der Waals surface area contributed by atoms with E-state index in [0.29, 0.717) is 21.5 Å². The van der Waals surface area contributed by atoms with Crippen molar-refractivity contribution in [1.29, 1.82) is 0 Å². The monoisotopic (exact) mass is 330 g/mol. The molecule has 0 unspecified atom stereocenters. The minimum Gasteiger partial charge on any atom is -0.330 e. The highest BCUT2D eigenvalue weighted by Gasteiger charge is 2.15. The lowest BCUT2D eigenvalue weighted by molar-refractivity contribution is 0.627. The van der Waals surface area contributed by atoms with Gasteiger partial charge in [0.15, 0.2) is 4.77 Å². The van der Waals surface area contributed by atoms with E-state index < -0.39 is 11.6 Å². The van der Waals surface area contributed by atoms with E-state index in [2.05, 4.69) is 4.98 Å². The van der Waals surface area contributed by atoms with Crippen LogP contribution in [0.2, 0.25) is 10.0 Å². The highest BCUT2D eigenvalue weighted by Crippen LogP contribution is 2.32. The lowest BCUT2D eigenvalue weighted by atomic mass is 10.2. The first-order valence-corrected chi connectivity index (χ1v) is 6.69. The summed E-state index contributed by atoms with van der Waals surface area (Å²) in [6.45, 7) is 0. The van der Waals surface area contributed by atoms with Gasteiger partial charge in [0.25, 0.3) is 0 Å². The summed E-state index contributed by atoms with van der Waals surface area (Å²) in [4.78, 5) is 2.92. The molecule has 0 saturated heterocycles. The molecule has 0 atom stereocenters. The van der Waals surface area contributed by atoms with Gasteiger partial charge in [0, 0.05) is 6.07 Å². The Balaban J connectivity index is 2.44. The summed E-state index contributed by atoms with van der Waals surface area (Å²) < 4.78 is 28.5. The first-order valence-electron chi connectivity index (χ1n) is 5.52. The molecule has 0 amide bonds. The van der Waals surface area contributed by atoms with E-state index in [1.54, 1.807) is 6.07 Å². The molecule has 2 nitrogen and oxygen atoms in total. The Morgan fingerprint density at radius 1 is 1.00 bits per heavy atom. The number of aromatic amines is 1. The van der Waals surface area contributed by atoms with Crippen LogP contribution < -0.4 is 0 Å². The van der Waals surface area contributed by atoms with Gasteiger partial charge in [-0.25, -0.2) is 8.78 Å². The number of H-pyrrole nitrogens is 1. The van der Waals surface area contributed by atoms with Gasteiger partial charge in [0.1, 0.15) is 11.6 Å². The molecule has 1 heterocycles. The number of fused-ring (bicyclic) bond motifs is 1. The molecule has 0 aliphatic rings. The van der Waals surface area contributed by atoms with Crippen LogP contribution in [0.4, 0.5) is 8.78 Å². The predicted octanol–water partition coefficient (Wildman–Crippen LogP) is 5.27. The minimum absolute atomic E-state index is 0.0938. The van der Waals surface area contributed by atoms with Crippen LogP contribution in [0.5, 0.6) is 0 Å². The van der Waals surface area contributed by atoms with Gasteiger partial charge in [0.2, 0.25) is 0 Å². The van der Waals surface area contributed by atoms with Gasteiger partial charge in [-0.1, -0.05) is 23.2 Å². The van der Waals surface area contributed by atoms with Crippen LogP contribution in [-0.2, 0) is 0 Å². The minimum atomic E-state index is -0.554. The van der Waals surface area contributed by atoms with Crippen molar-refractivity contribution in [2.75, 3.05) is 0 Å². The Kier molecular flexibility index (Phi) is 3.28. The fraction of sp³-hybridized carbons (Fsp3) is 0. The zero-order valence-electron chi connectivity index (χ0n) is 9.75. The van der Waals surface area contributed by atoms with Crippen molar-refractivity contribution in [2.24, 2.45) is 0 Å². The number of imidazole rings is 1. The zero-order chi connectivity index (χ0) is 14.4. The standard InChI is InChI=1S/C13H6Cl2F2N2S/c14-8-3-7(17)4-9(15)12(8)19-11-5-6(16)1-2-10(11)18-13(19)20/h1-5H,(H,18,20). The largest absolute Gasteiger partial charge is 0.330 e. The van der Waals surface area contributed by atoms with Crippen LogP contribution in [0, 0.1) is 16.4 Å². The second-order valence-corrected chi connectivity index (χ2v) is 5.35. The van der Waals surface area contributed by atoms with Gasteiger partial charge in [-0.15, -0.1) is 0 Å². The maximum Gasteiger partial charge on any atom is 0.182 e. The molecule has 102 valence electrons. The average Bonchev–Trinajstić information content (AvgIpc) is 2.65. The number of hydrogen-bond acceptors (Lipinski definition) is 1. The SMILES string of the molecule is Fc1cc(Cl)c(-n2c(=S)[nH]c3ccc(F)cc32)c(Cl)c1. The van der Waals surface area contributed by atoms with Crippen molar-refractivity contribution < 1.29 is 8.78 Å². The van der Waals surface area contributed by atoms with E-state index in [-0.39, 0.29) is 10.0 Å². The fourth-order valence-corrected chi connectivity index (χ4v) is 2.98. The average molecular weight is 331 g/mol. The van der Waals surface area contributed by atoms with Crippen LogP contribution in [0.15, 0.2) is 30.3 Å². The van der Waals surface area contributed by atoms with E-state index in [9.17, 15) is 8.78 Å². The Morgan fingerprint density at radius 2 is 1.65 bits per heavy atom. The smallest absolute Gasteiger partial charge is 0.182 e. The number of hydrogen-bond donors (Lipinski definition) is 1. The van der Waals surface area contributed by atoms with Crippen molar-refractivity contribution in [1.82, 2.24) is 9.55 Å². The highest BCUT2D eigenvalue weighted by molar-refractivity contribution is 7.71.